The summed E-state index contributed by atoms with van der Waals surface area (Å²) >= 11 is 0. The highest BCUT2D eigenvalue weighted by Crippen LogP contribution is 2.41. The van der Waals surface area contributed by atoms with Gasteiger partial charge in [0.2, 0.25) is 0 Å². The SMILES string of the molecule is c1ccc2c(c1)oc1ccc3oc4cc5c6cnccc6c6nccn6c5cc4c3c12. The highest BCUT2D eigenvalue weighted by atomic mass is 16.3. The van der Waals surface area contributed by atoms with Crippen molar-refractivity contribution in [3.05, 3.63) is 79.4 Å². The van der Waals surface area contributed by atoms with Crippen molar-refractivity contribution >= 4 is 71.2 Å². The number of benzene rings is 3. The maximum atomic E-state index is 6.34. The van der Waals surface area contributed by atoms with Crippen LogP contribution in [-0.2, 0) is 0 Å². The molecule has 0 amide bonds. The molecule has 0 aliphatic rings. The highest BCUT2D eigenvalue weighted by Gasteiger charge is 2.18. The molecule has 0 spiro atoms. The van der Waals surface area contributed by atoms with E-state index in [1.165, 1.54) is 0 Å². The third kappa shape index (κ3) is 1.82. The number of nitrogens with zero attached hydrogens (tertiary/aromatic N) is 3. The van der Waals surface area contributed by atoms with Crippen LogP contribution in [-0.4, -0.2) is 14.4 Å². The van der Waals surface area contributed by atoms with Crippen molar-refractivity contribution in [1.82, 2.24) is 14.4 Å². The van der Waals surface area contributed by atoms with Crippen LogP contribution in [0.25, 0.3) is 71.2 Å². The van der Waals surface area contributed by atoms with Crippen LogP contribution in [0.1, 0.15) is 0 Å². The number of aromatic nitrogens is 3. The summed E-state index contributed by atoms with van der Waals surface area (Å²) in [6.45, 7) is 0. The Morgan fingerprint density at radius 1 is 0.645 bits per heavy atom. The average molecular weight is 399 g/mol. The van der Waals surface area contributed by atoms with Gasteiger partial charge in [0.15, 0.2) is 0 Å². The molecular weight excluding hydrogens is 386 g/mol. The first-order valence-electron chi connectivity index (χ1n) is 10.2. The van der Waals surface area contributed by atoms with Gasteiger partial charge >= 0.3 is 0 Å². The van der Waals surface area contributed by atoms with Crippen LogP contribution in [0.2, 0.25) is 0 Å². The fraction of sp³-hybridized carbons (Fsp3) is 0. The molecule has 3 aromatic carbocycles. The largest absolute Gasteiger partial charge is 0.456 e. The molecule has 0 aliphatic heterocycles. The smallest absolute Gasteiger partial charge is 0.145 e. The van der Waals surface area contributed by atoms with E-state index in [1.807, 2.05) is 61.2 Å². The molecule has 0 fully saturated rings. The molecular formula is C26H13N3O2. The zero-order valence-electron chi connectivity index (χ0n) is 16.2. The zero-order valence-corrected chi connectivity index (χ0v) is 16.2. The summed E-state index contributed by atoms with van der Waals surface area (Å²) in [6.07, 6.45) is 7.56. The molecule has 0 bridgehead atoms. The van der Waals surface area contributed by atoms with Gasteiger partial charge in [0, 0.05) is 62.5 Å². The van der Waals surface area contributed by atoms with Gasteiger partial charge in [-0.05, 0) is 36.4 Å². The van der Waals surface area contributed by atoms with Crippen molar-refractivity contribution in [3.8, 4) is 0 Å². The summed E-state index contributed by atoms with van der Waals surface area (Å²) < 4.78 is 14.6. The Morgan fingerprint density at radius 2 is 1.48 bits per heavy atom. The quantitative estimate of drug-likeness (QED) is 0.262. The second kappa shape index (κ2) is 5.21. The van der Waals surface area contributed by atoms with Gasteiger partial charge in [0.1, 0.15) is 28.0 Å². The van der Waals surface area contributed by atoms with E-state index in [1.54, 1.807) is 0 Å². The summed E-state index contributed by atoms with van der Waals surface area (Å²) in [6, 6.07) is 18.5. The number of hydrogen-bond acceptors (Lipinski definition) is 4. The van der Waals surface area contributed by atoms with Crippen molar-refractivity contribution in [1.29, 1.82) is 0 Å². The molecule has 5 heterocycles. The Morgan fingerprint density at radius 3 is 2.42 bits per heavy atom. The summed E-state index contributed by atoms with van der Waals surface area (Å²) in [5.74, 6) is 0. The monoisotopic (exact) mass is 399 g/mol. The Bertz CT molecular complexity index is 2010. The van der Waals surface area contributed by atoms with Gasteiger partial charge in [-0.3, -0.25) is 9.38 Å². The first-order valence-corrected chi connectivity index (χ1v) is 10.2. The van der Waals surface area contributed by atoms with Gasteiger partial charge in [-0.25, -0.2) is 4.98 Å². The van der Waals surface area contributed by atoms with Crippen LogP contribution in [0.5, 0.6) is 0 Å². The lowest BCUT2D eigenvalue weighted by Crippen LogP contribution is -1.91. The first-order chi connectivity index (χ1) is 15.4. The van der Waals surface area contributed by atoms with Gasteiger partial charge in [0.25, 0.3) is 0 Å². The molecule has 5 aromatic heterocycles. The molecule has 8 rings (SSSR count). The summed E-state index contributed by atoms with van der Waals surface area (Å²) in [5, 5.41) is 7.57. The number of furan rings is 2. The van der Waals surface area contributed by atoms with Crippen LogP contribution < -0.4 is 0 Å². The predicted octanol–water partition coefficient (Wildman–Crippen LogP) is 6.83. The van der Waals surface area contributed by atoms with Crippen LogP contribution in [0.4, 0.5) is 0 Å². The average Bonchev–Trinajstić information content (AvgIpc) is 3.52. The van der Waals surface area contributed by atoms with Gasteiger partial charge in [0.05, 0.1) is 5.52 Å². The van der Waals surface area contributed by atoms with Crippen LogP contribution in [0.15, 0.2) is 88.2 Å². The number of hydrogen-bond donors (Lipinski definition) is 0. The lowest BCUT2D eigenvalue weighted by Gasteiger charge is -2.08. The topological polar surface area (TPSA) is 56.5 Å². The third-order valence-corrected chi connectivity index (χ3v) is 6.34. The maximum Gasteiger partial charge on any atom is 0.145 e. The fourth-order valence-corrected chi connectivity index (χ4v) is 5.03. The standard InChI is InChI=1S/C26H13N3O2/c1-2-4-20-15(3-1)24-21(30-20)5-6-22-25(24)17-11-19-16(12-23(17)31-22)18-13-27-8-7-14(18)26-28-9-10-29(19)26/h1-13H. The maximum absolute atomic E-state index is 6.34. The molecule has 0 saturated heterocycles. The predicted molar refractivity (Wildman–Crippen MR) is 123 cm³/mol. The minimum atomic E-state index is 0.852. The molecule has 0 aliphatic carbocycles. The summed E-state index contributed by atoms with van der Waals surface area (Å²) in [5.41, 5.74) is 5.46. The van der Waals surface area contributed by atoms with Crippen molar-refractivity contribution in [2.75, 3.05) is 0 Å². The van der Waals surface area contributed by atoms with Gasteiger partial charge < -0.3 is 8.83 Å². The summed E-state index contributed by atoms with van der Waals surface area (Å²) in [7, 11) is 0. The van der Waals surface area contributed by atoms with Gasteiger partial charge in [-0.2, -0.15) is 0 Å². The van der Waals surface area contributed by atoms with Gasteiger partial charge in [-0.1, -0.05) is 18.2 Å². The minimum Gasteiger partial charge on any atom is -0.456 e. The van der Waals surface area contributed by atoms with Crippen LogP contribution in [0.3, 0.4) is 0 Å². The van der Waals surface area contributed by atoms with E-state index in [0.717, 1.165) is 71.2 Å². The second-order valence-corrected chi connectivity index (χ2v) is 7.92. The third-order valence-electron chi connectivity index (χ3n) is 6.34. The van der Waals surface area contributed by atoms with E-state index in [9.17, 15) is 0 Å². The Labute approximate surface area is 174 Å². The zero-order chi connectivity index (χ0) is 20.1. The highest BCUT2D eigenvalue weighted by molar-refractivity contribution is 6.27. The molecule has 0 saturated carbocycles. The van der Waals surface area contributed by atoms with E-state index in [-0.39, 0.29) is 0 Å². The Kier molecular flexibility index (Phi) is 2.60. The molecule has 5 heteroatoms. The number of imidazole rings is 1. The molecule has 5 nitrogen and oxygen atoms in total. The number of para-hydroxylation sites is 1. The first kappa shape index (κ1) is 15.5. The normalized spacial score (nSPS) is 12.5. The van der Waals surface area contributed by atoms with Crippen molar-refractivity contribution in [2.24, 2.45) is 0 Å². The second-order valence-electron chi connectivity index (χ2n) is 7.92. The molecule has 0 N–H and O–H groups in total. The molecule has 0 unspecified atom stereocenters. The number of rotatable bonds is 0. The molecule has 0 atom stereocenters. The number of pyridine rings is 2. The molecule has 31 heavy (non-hydrogen) atoms. The molecule has 8 aromatic rings. The van der Waals surface area contributed by atoms with E-state index >= 15 is 0 Å². The number of fused-ring (bicyclic) bond motifs is 13. The van der Waals surface area contributed by atoms with Crippen molar-refractivity contribution in [2.45, 2.75) is 0 Å². The van der Waals surface area contributed by atoms with E-state index in [2.05, 4.69) is 32.6 Å². The Balaban J connectivity index is 1.67. The lowest BCUT2D eigenvalue weighted by molar-refractivity contribution is 0.663. The van der Waals surface area contributed by atoms with E-state index in [0.29, 0.717) is 0 Å². The van der Waals surface area contributed by atoms with E-state index in [4.69, 9.17) is 8.83 Å². The van der Waals surface area contributed by atoms with Gasteiger partial charge in [-0.15, -0.1) is 0 Å². The van der Waals surface area contributed by atoms with Crippen LogP contribution >= 0.6 is 0 Å². The molecule has 144 valence electrons. The van der Waals surface area contributed by atoms with Crippen molar-refractivity contribution in [3.63, 3.8) is 0 Å². The van der Waals surface area contributed by atoms with Crippen LogP contribution in [0, 0.1) is 0 Å². The molecule has 0 radical (unpaired) electrons. The minimum absolute atomic E-state index is 0.852. The van der Waals surface area contributed by atoms with Crippen molar-refractivity contribution < 1.29 is 8.83 Å². The lowest BCUT2D eigenvalue weighted by atomic mass is 10.0. The Hall–Kier alpha value is -4.38. The summed E-state index contributed by atoms with van der Waals surface area (Å²) in [4.78, 5) is 8.97. The van der Waals surface area contributed by atoms with E-state index < -0.39 is 0 Å². The fourth-order valence-electron chi connectivity index (χ4n) is 5.03.